The maximum absolute atomic E-state index is 11.8. The second-order valence-electron chi connectivity index (χ2n) is 5.82. The number of dihydropyridines is 1. The molecule has 6 heteroatoms. The highest BCUT2D eigenvalue weighted by molar-refractivity contribution is 6.30. The molecule has 1 saturated heterocycles. The van der Waals surface area contributed by atoms with Gasteiger partial charge in [0.15, 0.2) is 0 Å². The fourth-order valence-electron chi connectivity index (χ4n) is 2.86. The molecule has 2 atom stereocenters. The fourth-order valence-corrected chi connectivity index (χ4v) is 2.98. The molecule has 0 spiro atoms. The molecule has 2 unspecified atom stereocenters. The van der Waals surface area contributed by atoms with Crippen LogP contribution in [0.3, 0.4) is 0 Å². The number of hydrogen-bond donors (Lipinski definition) is 3. The molecule has 0 radical (unpaired) electrons. The quantitative estimate of drug-likeness (QED) is 0.792. The average Bonchev–Trinajstić information content (AvgIpc) is 2.57. The SMILES string of the molecule is O=C(NCCC1=NC2NCCCC2C=C1)Nc1ccc(Cl)cc1. The Balaban J connectivity index is 1.42. The predicted molar refractivity (Wildman–Crippen MR) is 94.2 cm³/mol. The van der Waals surface area contributed by atoms with E-state index < -0.39 is 0 Å². The first-order chi connectivity index (χ1) is 11.2. The van der Waals surface area contributed by atoms with Gasteiger partial charge in [-0.3, -0.25) is 10.3 Å². The molecule has 0 aliphatic carbocycles. The van der Waals surface area contributed by atoms with Crippen LogP contribution in [-0.4, -0.2) is 31.0 Å². The van der Waals surface area contributed by atoms with Gasteiger partial charge in [-0.1, -0.05) is 17.7 Å². The Morgan fingerprint density at radius 3 is 3.00 bits per heavy atom. The summed E-state index contributed by atoms with van der Waals surface area (Å²) >= 11 is 5.81. The van der Waals surface area contributed by atoms with Gasteiger partial charge in [-0.15, -0.1) is 0 Å². The van der Waals surface area contributed by atoms with Crippen LogP contribution in [0.5, 0.6) is 0 Å². The monoisotopic (exact) mass is 332 g/mol. The molecule has 2 aliphatic rings. The number of fused-ring (bicyclic) bond motifs is 1. The molecular weight excluding hydrogens is 312 g/mol. The van der Waals surface area contributed by atoms with Crippen LogP contribution in [-0.2, 0) is 0 Å². The lowest BCUT2D eigenvalue weighted by molar-refractivity contribution is 0.252. The molecule has 3 N–H and O–H groups in total. The van der Waals surface area contributed by atoms with Crippen molar-refractivity contribution in [1.82, 2.24) is 10.6 Å². The lowest BCUT2D eigenvalue weighted by Gasteiger charge is -2.30. The minimum atomic E-state index is -0.221. The third kappa shape index (κ3) is 4.56. The van der Waals surface area contributed by atoms with Crippen molar-refractivity contribution in [3.63, 3.8) is 0 Å². The molecule has 2 amide bonds. The van der Waals surface area contributed by atoms with Crippen LogP contribution in [0.4, 0.5) is 10.5 Å². The Morgan fingerprint density at radius 2 is 2.17 bits per heavy atom. The third-order valence-corrected chi connectivity index (χ3v) is 4.33. The van der Waals surface area contributed by atoms with Crippen molar-refractivity contribution in [1.29, 1.82) is 0 Å². The number of anilines is 1. The number of urea groups is 1. The molecule has 23 heavy (non-hydrogen) atoms. The molecule has 1 aromatic carbocycles. The number of hydrogen-bond acceptors (Lipinski definition) is 3. The lowest BCUT2D eigenvalue weighted by Crippen LogP contribution is -2.41. The van der Waals surface area contributed by atoms with Crippen molar-refractivity contribution in [2.45, 2.75) is 25.4 Å². The number of carbonyl (C=O) groups excluding carboxylic acids is 1. The summed E-state index contributed by atoms with van der Waals surface area (Å²) < 4.78 is 0. The van der Waals surface area contributed by atoms with E-state index in [-0.39, 0.29) is 12.2 Å². The van der Waals surface area contributed by atoms with E-state index in [1.54, 1.807) is 24.3 Å². The topological polar surface area (TPSA) is 65.5 Å². The first kappa shape index (κ1) is 16.0. The van der Waals surface area contributed by atoms with E-state index in [4.69, 9.17) is 16.6 Å². The van der Waals surface area contributed by atoms with E-state index in [9.17, 15) is 4.79 Å². The molecule has 1 fully saturated rings. The van der Waals surface area contributed by atoms with Gasteiger partial charge in [0.1, 0.15) is 6.17 Å². The summed E-state index contributed by atoms with van der Waals surface area (Å²) in [5, 5.41) is 9.70. The van der Waals surface area contributed by atoms with Gasteiger partial charge in [-0.25, -0.2) is 4.79 Å². The van der Waals surface area contributed by atoms with E-state index in [2.05, 4.69) is 28.1 Å². The largest absolute Gasteiger partial charge is 0.337 e. The summed E-state index contributed by atoms with van der Waals surface area (Å²) in [7, 11) is 0. The zero-order chi connectivity index (χ0) is 16.1. The minimum Gasteiger partial charge on any atom is -0.337 e. The summed E-state index contributed by atoms with van der Waals surface area (Å²) in [6.07, 6.45) is 7.69. The van der Waals surface area contributed by atoms with Gasteiger partial charge in [0.2, 0.25) is 0 Å². The van der Waals surface area contributed by atoms with Crippen molar-refractivity contribution in [2.24, 2.45) is 10.9 Å². The molecule has 0 saturated carbocycles. The zero-order valence-corrected chi connectivity index (χ0v) is 13.6. The average molecular weight is 333 g/mol. The van der Waals surface area contributed by atoms with E-state index in [1.807, 2.05) is 0 Å². The summed E-state index contributed by atoms with van der Waals surface area (Å²) in [6.45, 7) is 1.59. The van der Waals surface area contributed by atoms with Crippen molar-refractivity contribution in [3.8, 4) is 0 Å². The Labute approximate surface area is 141 Å². The van der Waals surface area contributed by atoms with Crippen LogP contribution in [0.15, 0.2) is 41.4 Å². The van der Waals surface area contributed by atoms with Gasteiger partial charge in [-0.2, -0.15) is 0 Å². The fraction of sp³-hybridized carbons (Fsp3) is 0.412. The predicted octanol–water partition coefficient (Wildman–Crippen LogP) is 3.19. The van der Waals surface area contributed by atoms with E-state index >= 15 is 0 Å². The number of nitrogens with one attached hydrogen (secondary N) is 3. The number of nitrogens with zero attached hydrogens (tertiary/aromatic N) is 1. The van der Waals surface area contributed by atoms with Gasteiger partial charge in [-0.05, 0) is 49.7 Å². The Morgan fingerprint density at radius 1 is 1.35 bits per heavy atom. The number of benzene rings is 1. The smallest absolute Gasteiger partial charge is 0.319 e. The molecule has 3 rings (SSSR count). The molecule has 5 nitrogen and oxygen atoms in total. The first-order valence-corrected chi connectivity index (χ1v) is 8.37. The van der Waals surface area contributed by atoms with Gasteiger partial charge in [0, 0.05) is 35.3 Å². The molecule has 2 aliphatic heterocycles. The third-order valence-electron chi connectivity index (χ3n) is 4.08. The molecule has 1 aromatic rings. The van der Waals surface area contributed by atoms with Crippen molar-refractivity contribution in [3.05, 3.63) is 41.4 Å². The van der Waals surface area contributed by atoms with Crippen LogP contribution in [0, 0.1) is 5.92 Å². The van der Waals surface area contributed by atoms with Crippen LogP contribution >= 0.6 is 11.6 Å². The van der Waals surface area contributed by atoms with Crippen LogP contribution in [0.25, 0.3) is 0 Å². The maximum atomic E-state index is 11.8. The first-order valence-electron chi connectivity index (χ1n) is 7.99. The number of amides is 2. The molecular formula is C17H21ClN4O. The Kier molecular flexibility index (Phi) is 5.31. The highest BCUT2D eigenvalue weighted by Gasteiger charge is 2.24. The van der Waals surface area contributed by atoms with E-state index in [0.717, 1.165) is 24.4 Å². The van der Waals surface area contributed by atoms with Crippen molar-refractivity contribution in [2.75, 3.05) is 18.4 Å². The molecule has 122 valence electrons. The number of allylic oxidation sites excluding steroid dienone is 1. The van der Waals surface area contributed by atoms with E-state index in [0.29, 0.717) is 17.5 Å². The maximum Gasteiger partial charge on any atom is 0.319 e. The highest BCUT2D eigenvalue weighted by Crippen LogP contribution is 2.22. The summed E-state index contributed by atoms with van der Waals surface area (Å²) in [5.41, 5.74) is 1.75. The second kappa shape index (κ2) is 7.62. The van der Waals surface area contributed by atoms with Gasteiger partial charge in [0.25, 0.3) is 0 Å². The number of piperidine rings is 1. The minimum absolute atomic E-state index is 0.214. The lowest BCUT2D eigenvalue weighted by atomic mass is 9.93. The van der Waals surface area contributed by atoms with Crippen LogP contribution < -0.4 is 16.0 Å². The number of halogens is 1. The normalized spacial score (nSPS) is 22.9. The zero-order valence-electron chi connectivity index (χ0n) is 12.9. The summed E-state index contributed by atoms with van der Waals surface area (Å²) in [6, 6.07) is 6.80. The highest BCUT2D eigenvalue weighted by atomic mass is 35.5. The van der Waals surface area contributed by atoms with Crippen molar-refractivity contribution < 1.29 is 4.79 Å². The summed E-state index contributed by atoms with van der Waals surface area (Å²) in [5.74, 6) is 0.522. The number of carbonyl (C=O) groups is 1. The van der Waals surface area contributed by atoms with Gasteiger partial charge in [0.05, 0.1) is 0 Å². The number of rotatable bonds is 4. The summed E-state index contributed by atoms with van der Waals surface area (Å²) in [4.78, 5) is 16.6. The van der Waals surface area contributed by atoms with Gasteiger partial charge < -0.3 is 10.6 Å². The Bertz CT molecular complexity index is 612. The molecule has 0 aromatic heterocycles. The van der Waals surface area contributed by atoms with Crippen LogP contribution in [0.2, 0.25) is 5.02 Å². The van der Waals surface area contributed by atoms with Crippen LogP contribution in [0.1, 0.15) is 19.3 Å². The van der Waals surface area contributed by atoms with Gasteiger partial charge >= 0.3 is 6.03 Å². The Hall–Kier alpha value is -1.85. The molecule has 0 bridgehead atoms. The molecule has 2 heterocycles. The van der Waals surface area contributed by atoms with E-state index in [1.165, 1.54) is 12.8 Å². The van der Waals surface area contributed by atoms with Crippen molar-refractivity contribution >= 4 is 29.0 Å². The number of aliphatic imine (C=N–C) groups is 1. The second-order valence-corrected chi connectivity index (χ2v) is 6.26. The standard InChI is InChI=1S/C17H21ClN4O/c18-13-4-7-14(8-5-13)22-17(23)20-11-9-15-6-3-12-2-1-10-19-16(12)21-15/h3-8,12,16,19H,1-2,9-11H2,(H2,20,22,23).